The topological polar surface area (TPSA) is 35.5 Å². The Kier molecular flexibility index (Phi) is 3.93. The summed E-state index contributed by atoms with van der Waals surface area (Å²) < 4.78 is 11.0. The molecule has 0 aromatic heterocycles. The summed E-state index contributed by atoms with van der Waals surface area (Å²) in [6.07, 6.45) is 0.380. The van der Waals surface area contributed by atoms with Gasteiger partial charge in [-0.2, -0.15) is 0 Å². The molecule has 0 heterocycles. The number of carbonyl (C=O) groups excluding carboxylic acids is 1. The van der Waals surface area contributed by atoms with E-state index in [2.05, 4.69) is 0 Å². The molecule has 0 fully saturated rings. The van der Waals surface area contributed by atoms with E-state index in [9.17, 15) is 4.79 Å². The molecule has 88 valence electrons. The Morgan fingerprint density at radius 1 is 1.25 bits per heavy atom. The van der Waals surface area contributed by atoms with Crippen LogP contribution in [0.3, 0.4) is 0 Å². The molecule has 0 amide bonds. The van der Waals surface area contributed by atoms with Gasteiger partial charge in [-0.15, -0.1) is 0 Å². The molecule has 16 heavy (non-hydrogen) atoms. The summed E-state index contributed by atoms with van der Waals surface area (Å²) in [6, 6.07) is 7.42. The van der Waals surface area contributed by atoms with Crippen molar-refractivity contribution in [3.63, 3.8) is 0 Å². The van der Waals surface area contributed by atoms with Gasteiger partial charge in [0.2, 0.25) is 0 Å². The minimum absolute atomic E-state index is 0.111. The molecule has 1 aromatic carbocycles. The van der Waals surface area contributed by atoms with E-state index in [1.54, 1.807) is 14.0 Å². The number of benzene rings is 1. The van der Waals surface area contributed by atoms with Gasteiger partial charge in [0.15, 0.2) is 11.5 Å². The molecule has 1 aromatic rings. The summed E-state index contributed by atoms with van der Waals surface area (Å²) in [6.45, 7) is 5.34. The first-order chi connectivity index (χ1) is 7.44. The number of ether oxygens (including phenoxy) is 2. The van der Waals surface area contributed by atoms with Crippen molar-refractivity contribution in [3.8, 4) is 11.5 Å². The van der Waals surface area contributed by atoms with E-state index in [0.29, 0.717) is 17.9 Å². The third kappa shape index (κ3) is 3.57. The van der Waals surface area contributed by atoms with Gasteiger partial charge < -0.3 is 9.47 Å². The number of ketones is 1. The van der Waals surface area contributed by atoms with Crippen LogP contribution in [0, 0.1) is 0 Å². The highest BCUT2D eigenvalue weighted by Crippen LogP contribution is 2.30. The fraction of sp³-hybridized carbons (Fsp3) is 0.462. The molecule has 0 saturated heterocycles. The molecule has 0 aliphatic heterocycles. The van der Waals surface area contributed by atoms with Crippen LogP contribution in [0.15, 0.2) is 24.3 Å². The normalized spacial score (nSPS) is 11.0. The van der Waals surface area contributed by atoms with Crippen LogP contribution >= 0.6 is 0 Å². The lowest BCUT2D eigenvalue weighted by molar-refractivity contribution is -0.120. The van der Waals surface area contributed by atoms with Gasteiger partial charge in [-0.3, -0.25) is 4.79 Å². The lowest BCUT2D eigenvalue weighted by atomic mass is 10.0. The Hall–Kier alpha value is -1.51. The van der Waals surface area contributed by atoms with Crippen molar-refractivity contribution in [1.29, 1.82) is 0 Å². The van der Waals surface area contributed by atoms with Crippen LogP contribution in [0.1, 0.15) is 27.2 Å². The van der Waals surface area contributed by atoms with Crippen LogP contribution in [0.5, 0.6) is 11.5 Å². The number of para-hydroxylation sites is 2. The largest absolute Gasteiger partial charge is 0.493 e. The molecule has 0 unspecified atom stereocenters. The van der Waals surface area contributed by atoms with E-state index >= 15 is 0 Å². The number of hydrogen-bond acceptors (Lipinski definition) is 3. The zero-order chi connectivity index (χ0) is 12.2. The van der Waals surface area contributed by atoms with E-state index in [-0.39, 0.29) is 5.78 Å². The highest BCUT2D eigenvalue weighted by atomic mass is 16.5. The van der Waals surface area contributed by atoms with Crippen LogP contribution in [0.4, 0.5) is 0 Å². The van der Waals surface area contributed by atoms with E-state index in [1.165, 1.54) is 0 Å². The second-order valence-corrected chi connectivity index (χ2v) is 4.39. The van der Waals surface area contributed by atoms with Crippen LogP contribution in [0.2, 0.25) is 0 Å². The van der Waals surface area contributed by atoms with Gasteiger partial charge in [0.25, 0.3) is 0 Å². The Balaban J connectivity index is 2.82. The smallest absolute Gasteiger partial charge is 0.161 e. The number of hydrogen-bond donors (Lipinski definition) is 0. The maximum absolute atomic E-state index is 11.1. The van der Waals surface area contributed by atoms with E-state index < -0.39 is 5.60 Å². The molecule has 0 aliphatic rings. The van der Waals surface area contributed by atoms with Crippen molar-refractivity contribution >= 4 is 5.78 Å². The fourth-order valence-electron chi connectivity index (χ4n) is 1.64. The first-order valence-corrected chi connectivity index (χ1v) is 5.26. The first-order valence-electron chi connectivity index (χ1n) is 5.26. The van der Waals surface area contributed by atoms with Crippen LogP contribution < -0.4 is 9.47 Å². The lowest BCUT2D eigenvalue weighted by Crippen LogP contribution is -2.30. The third-order valence-corrected chi connectivity index (χ3v) is 2.13. The van der Waals surface area contributed by atoms with Gasteiger partial charge in [0.05, 0.1) is 7.11 Å². The molecule has 0 spiro atoms. The quantitative estimate of drug-likeness (QED) is 0.768. The number of rotatable bonds is 5. The predicted molar refractivity (Wildman–Crippen MR) is 63.0 cm³/mol. The van der Waals surface area contributed by atoms with Gasteiger partial charge >= 0.3 is 0 Å². The maximum atomic E-state index is 11.1. The van der Waals surface area contributed by atoms with Gasteiger partial charge in [-0.05, 0) is 32.9 Å². The standard InChI is InChI=1S/C13H18O3/c1-10(14)9-13(2,3)16-12-8-6-5-7-11(12)15-4/h5-8H,9H2,1-4H3. The highest BCUT2D eigenvalue weighted by molar-refractivity contribution is 5.76. The molecule has 0 saturated carbocycles. The molecule has 0 radical (unpaired) electrons. The zero-order valence-corrected chi connectivity index (χ0v) is 10.2. The molecule has 0 aliphatic carbocycles. The minimum atomic E-state index is -0.513. The van der Waals surface area contributed by atoms with Gasteiger partial charge in [-0.25, -0.2) is 0 Å². The summed E-state index contributed by atoms with van der Waals surface area (Å²) in [4.78, 5) is 11.1. The number of methoxy groups -OCH3 is 1. The zero-order valence-electron chi connectivity index (χ0n) is 10.2. The molecule has 0 atom stereocenters. The van der Waals surface area contributed by atoms with Crippen LogP contribution in [-0.4, -0.2) is 18.5 Å². The lowest BCUT2D eigenvalue weighted by Gasteiger charge is -2.26. The Bertz CT molecular complexity index is 369. The summed E-state index contributed by atoms with van der Waals surface area (Å²) in [5.41, 5.74) is -0.513. The molecular formula is C13H18O3. The summed E-state index contributed by atoms with van der Waals surface area (Å²) in [5.74, 6) is 1.45. The highest BCUT2D eigenvalue weighted by Gasteiger charge is 2.23. The van der Waals surface area contributed by atoms with Crippen molar-refractivity contribution in [1.82, 2.24) is 0 Å². The first kappa shape index (κ1) is 12.6. The average Bonchev–Trinajstić information content (AvgIpc) is 2.15. The monoisotopic (exact) mass is 222 g/mol. The summed E-state index contributed by atoms with van der Waals surface area (Å²) in [5, 5.41) is 0. The average molecular weight is 222 g/mol. The predicted octanol–water partition coefficient (Wildman–Crippen LogP) is 2.83. The molecular weight excluding hydrogens is 204 g/mol. The molecule has 3 nitrogen and oxygen atoms in total. The Labute approximate surface area is 96.4 Å². The van der Waals surface area contributed by atoms with Gasteiger partial charge in [-0.1, -0.05) is 12.1 Å². The Morgan fingerprint density at radius 2 is 1.81 bits per heavy atom. The second-order valence-electron chi connectivity index (χ2n) is 4.39. The number of Topliss-reactive ketones (excluding diaryl/α,β-unsaturated/α-hetero) is 1. The van der Waals surface area contributed by atoms with E-state index in [1.807, 2.05) is 38.1 Å². The van der Waals surface area contributed by atoms with Crippen molar-refractivity contribution in [3.05, 3.63) is 24.3 Å². The minimum Gasteiger partial charge on any atom is -0.493 e. The van der Waals surface area contributed by atoms with Crippen molar-refractivity contribution in [2.75, 3.05) is 7.11 Å². The SMILES string of the molecule is COc1ccccc1OC(C)(C)CC(C)=O. The summed E-state index contributed by atoms with van der Waals surface area (Å²) in [7, 11) is 1.60. The fourth-order valence-corrected chi connectivity index (χ4v) is 1.64. The maximum Gasteiger partial charge on any atom is 0.161 e. The molecule has 3 heteroatoms. The van der Waals surface area contributed by atoms with Crippen molar-refractivity contribution in [2.45, 2.75) is 32.8 Å². The van der Waals surface area contributed by atoms with Crippen LogP contribution in [-0.2, 0) is 4.79 Å². The van der Waals surface area contributed by atoms with Crippen molar-refractivity contribution in [2.24, 2.45) is 0 Å². The molecule has 0 bridgehead atoms. The van der Waals surface area contributed by atoms with E-state index in [0.717, 1.165) is 0 Å². The van der Waals surface area contributed by atoms with Crippen LogP contribution in [0.25, 0.3) is 0 Å². The van der Waals surface area contributed by atoms with E-state index in [4.69, 9.17) is 9.47 Å². The summed E-state index contributed by atoms with van der Waals surface area (Å²) >= 11 is 0. The third-order valence-electron chi connectivity index (χ3n) is 2.13. The second kappa shape index (κ2) is 5.01. The van der Waals surface area contributed by atoms with Crippen molar-refractivity contribution < 1.29 is 14.3 Å². The number of carbonyl (C=O) groups is 1. The molecule has 1 rings (SSSR count). The Morgan fingerprint density at radius 3 is 2.31 bits per heavy atom. The van der Waals surface area contributed by atoms with Gasteiger partial charge in [0, 0.05) is 6.42 Å². The van der Waals surface area contributed by atoms with Gasteiger partial charge in [0.1, 0.15) is 11.4 Å². The molecule has 0 N–H and O–H groups in total.